The summed E-state index contributed by atoms with van der Waals surface area (Å²) in [6, 6.07) is 15.2. The van der Waals surface area contributed by atoms with E-state index in [9.17, 15) is 10.1 Å². The van der Waals surface area contributed by atoms with Crippen LogP contribution in [0.3, 0.4) is 0 Å². The summed E-state index contributed by atoms with van der Waals surface area (Å²) in [5, 5.41) is 21.4. The third-order valence-electron chi connectivity index (χ3n) is 5.53. The van der Waals surface area contributed by atoms with Crippen LogP contribution in [0.5, 0.6) is 0 Å². The van der Waals surface area contributed by atoms with Gasteiger partial charge in [0.25, 0.3) is 11.6 Å². The van der Waals surface area contributed by atoms with Gasteiger partial charge in [-0.2, -0.15) is 0 Å². The van der Waals surface area contributed by atoms with Gasteiger partial charge >= 0.3 is 0 Å². The van der Waals surface area contributed by atoms with Gasteiger partial charge in [0.1, 0.15) is 6.04 Å². The molecule has 0 spiro atoms. The fourth-order valence-corrected chi connectivity index (χ4v) is 3.58. The van der Waals surface area contributed by atoms with Crippen molar-refractivity contribution in [2.24, 2.45) is 5.92 Å². The number of hydrogen-bond acceptors (Lipinski definition) is 5. The summed E-state index contributed by atoms with van der Waals surface area (Å²) in [5.74, 6) is 1.31. The van der Waals surface area contributed by atoms with Crippen LogP contribution in [-0.4, -0.2) is 15.1 Å². The van der Waals surface area contributed by atoms with Gasteiger partial charge in [0.15, 0.2) is 6.04 Å². The second-order valence-electron chi connectivity index (χ2n) is 9.37. The van der Waals surface area contributed by atoms with Crippen molar-refractivity contribution in [1.29, 1.82) is 0 Å². The van der Waals surface area contributed by atoms with Crippen molar-refractivity contribution in [2.45, 2.75) is 59.0 Å². The quantitative estimate of drug-likeness (QED) is 0.427. The first-order valence-corrected chi connectivity index (χ1v) is 10.6. The lowest BCUT2D eigenvalue weighted by Crippen LogP contribution is -2.86. The molecular weight excluding hydrogens is 392 g/mol. The molecule has 0 amide bonds. The molecule has 2 atom stereocenters. The Labute approximate surface area is 183 Å². The van der Waals surface area contributed by atoms with Gasteiger partial charge in [-0.05, 0) is 30.0 Å². The minimum absolute atomic E-state index is 0.0300. The number of rotatable bonds is 7. The number of hydrogen-bond donors (Lipinski definition) is 1. The van der Waals surface area contributed by atoms with Crippen LogP contribution in [0.1, 0.15) is 70.6 Å². The molecule has 164 valence electrons. The van der Waals surface area contributed by atoms with E-state index in [0.717, 1.165) is 0 Å². The van der Waals surface area contributed by atoms with Crippen LogP contribution >= 0.6 is 0 Å². The minimum Gasteiger partial charge on any atom is -0.415 e. The summed E-state index contributed by atoms with van der Waals surface area (Å²) in [4.78, 5) is 10.4. The van der Waals surface area contributed by atoms with Gasteiger partial charge in [0.05, 0.1) is 4.92 Å². The molecule has 0 unspecified atom stereocenters. The average molecular weight is 424 g/mol. The molecule has 0 saturated heterocycles. The van der Waals surface area contributed by atoms with E-state index < -0.39 is 4.92 Å². The number of aromatic nitrogens is 2. The first-order chi connectivity index (χ1) is 14.6. The standard InChI is InChI=1S/C24H30N4O3/c1-15(2)21(17-7-11-19(12-8-17)24(4,5)6)25-16(3)22-26-27-23(31-22)18-9-13-20(14-10-18)28(29)30/h7-16,21,25H,1-6H3/p+1/t16-,21+/m0/s1. The molecule has 0 saturated carbocycles. The Bertz CT molecular complexity index is 1020. The second kappa shape index (κ2) is 8.98. The minimum atomic E-state index is -0.430. The van der Waals surface area contributed by atoms with E-state index in [4.69, 9.17) is 4.42 Å². The lowest BCUT2D eigenvalue weighted by Gasteiger charge is -2.24. The van der Waals surface area contributed by atoms with Gasteiger partial charge in [-0.1, -0.05) is 58.9 Å². The zero-order chi connectivity index (χ0) is 22.8. The Kier molecular flexibility index (Phi) is 6.55. The first kappa shape index (κ1) is 22.6. The molecule has 3 aromatic rings. The number of nitro groups is 1. The second-order valence-corrected chi connectivity index (χ2v) is 9.37. The summed E-state index contributed by atoms with van der Waals surface area (Å²) in [5.41, 5.74) is 3.40. The molecule has 0 fully saturated rings. The number of benzene rings is 2. The highest BCUT2D eigenvalue weighted by Gasteiger charge is 2.26. The van der Waals surface area contributed by atoms with E-state index in [1.54, 1.807) is 12.1 Å². The van der Waals surface area contributed by atoms with Crippen LogP contribution < -0.4 is 5.32 Å². The third-order valence-corrected chi connectivity index (χ3v) is 5.53. The Morgan fingerprint density at radius 3 is 2.10 bits per heavy atom. The maximum Gasteiger partial charge on any atom is 0.274 e. The van der Waals surface area contributed by atoms with Crippen LogP contribution in [0.2, 0.25) is 0 Å². The SMILES string of the molecule is CC(C)[C@@H]([NH2+][C@@H](C)c1nnc(-c2ccc([N+](=O)[O-])cc2)o1)c1ccc(C(C)(C)C)cc1. The third kappa shape index (κ3) is 5.35. The lowest BCUT2D eigenvalue weighted by molar-refractivity contribution is -0.739. The molecule has 7 heteroatoms. The van der Waals surface area contributed by atoms with Gasteiger partial charge < -0.3 is 9.73 Å². The van der Waals surface area contributed by atoms with E-state index in [0.29, 0.717) is 23.3 Å². The van der Waals surface area contributed by atoms with Crippen molar-refractivity contribution in [2.75, 3.05) is 0 Å². The number of nitro benzene ring substituents is 1. The fraction of sp³-hybridized carbons (Fsp3) is 0.417. The van der Waals surface area contributed by atoms with Gasteiger partial charge in [-0.15, -0.1) is 10.2 Å². The monoisotopic (exact) mass is 423 g/mol. The summed E-state index contributed by atoms with van der Waals surface area (Å²) >= 11 is 0. The predicted octanol–water partition coefficient (Wildman–Crippen LogP) is 4.96. The Balaban J connectivity index is 1.76. The van der Waals surface area contributed by atoms with Crippen LogP contribution in [0, 0.1) is 16.0 Å². The predicted molar refractivity (Wildman–Crippen MR) is 119 cm³/mol. The van der Waals surface area contributed by atoms with Crippen molar-refractivity contribution in [1.82, 2.24) is 10.2 Å². The molecular formula is C24H31N4O3+. The van der Waals surface area contributed by atoms with Crippen LogP contribution in [-0.2, 0) is 5.41 Å². The van der Waals surface area contributed by atoms with E-state index in [1.165, 1.54) is 23.3 Å². The molecule has 0 aliphatic rings. The summed E-state index contributed by atoms with van der Waals surface area (Å²) in [6.07, 6.45) is 0. The smallest absolute Gasteiger partial charge is 0.274 e. The largest absolute Gasteiger partial charge is 0.415 e. The highest BCUT2D eigenvalue weighted by atomic mass is 16.6. The van der Waals surface area contributed by atoms with Crippen molar-refractivity contribution >= 4 is 5.69 Å². The number of nitrogens with two attached hydrogens (primary N) is 1. The highest BCUT2D eigenvalue weighted by molar-refractivity contribution is 5.55. The summed E-state index contributed by atoms with van der Waals surface area (Å²) in [6.45, 7) is 13.1. The van der Waals surface area contributed by atoms with E-state index in [-0.39, 0.29) is 23.2 Å². The van der Waals surface area contributed by atoms with E-state index in [1.807, 2.05) is 6.92 Å². The Morgan fingerprint density at radius 2 is 1.58 bits per heavy atom. The van der Waals surface area contributed by atoms with E-state index >= 15 is 0 Å². The fourth-order valence-electron chi connectivity index (χ4n) is 3.58. The zero-order valence-corrected chi connectivity index (χ0v) is 19.0. The average Bonchev–Trinajstić information content (AvgIpc) is 3.21. The molecule has 0 radical (unpaired) electrons. The molecule has 2 aromatic carbocycles. The van der Waals surface area contributed by atoms with Gasteiger partial charge in [0, 0.05) is 29.2 Å². The summed E-state index contributed by atoms with van der Waals surface area (Å²) in [7, 11) is 0. The molecule has 1 heterocycles. The first-order valence-electron chi connectivity index (χ1n) is 10.6. The Hall–Kier alpha value is -3.06. The molecule has 3 rings (SSSR count). The van der Waals surface area contributed by atoms with Gasteiger partial charge in [-0.25, -0.2) is 0 Å². The van der Waals surface area contributed by atoms with Crippen LogP contribution in [0.15, 0.2) is 52.9 Å². The topological polar surface area (TPSA) is 98.7 Å². The number of quaternary nitrogens is 1. The van der Waals surface area contributed by atoms with Crippen molar-refractivity contribution in [3.8, 4) is 11.5 Å². The van der Waals surface area contributed by atoms with Crippen molar-refractivity contribution < 1.29 is 14.7 Å². The summed E-state index contributed by atoms with van der Waals surface area (Å²) < 4.78 is 5.89. The highest BCUT2D eigenvalue weighted by Crippen LogP contribution is 2.26. The van der Waals surface area contributed by atoms with Crippen LogP contribution in [0.4, 0.5) is 5.69 Å². The Morgan fingerprint density at radius 1 is 0.968 bits per heavy atom. The van der Waals surface area contributed by atoms with E-state index in [2.05, 4.69) is 74.4 Å². The van der Waals surface area contributed by atoms with Crippen molar-refractivity contribution in [3.63, 3.8) is 0 Å². The molecule has 2 N–H and O–H groups in total. The molecule has 7 nitrogen and oxygen atoms in total. The van der Waals surface area contributed by atoms with Crippen LogP contribution in [0.25, 0.3) is 11.5 Å². The molecule has 0 bridgehead atoms. The zero-order valence-electron chi connectivity index (χ0n) is 19.0. The lowest BCUT2D eigenvalue weighted by atomic mass is 9.85. The number of nitrogens with zero attached hydrogens (tertiary/aromatic N) is 3. The molecule has 31 heavy (non-hydrogen) atoms. The normalized spacial score (nSPS) is 13.9. The van der Waals surface area contributed by atoms with Crippen molar-refractivity contribution in [3.05, 3.63) is 75.7 Å². The maximum atomic E-state index is 10.8. The van der Waals surface area contributed by atoms with Gasteiger partial charge in [0.2, 0.25) is 5.89 Å². The molecule has 0 aliphatic heterocycles. The molecule has 1 aromatic heterocycles. The maximum absolute atomic E-state index is 10.8. The molecule has 0 aliphatic carbocycles. The number of non-ortho nitro benzene ring substituents is 1. The van der Waals surface area contributed by atoms with Gasteiger partial charge in [-0.3, -0.25) is 10.1 Å².